The Labute approximate surface area is 117 Å². The lowest BCUT2D eigenvalue weighted by Gasteiger charge is -2.07. The highest BCUT2D eigenvalue weighted by molar-refractivity contribution is 9.10. The number of ether oxygens (including phenoxy) is 1. The summed E-state index contributed by atoms with van der Waals surface area (Å²) < 4.78 is 19.1. The van der Waals surface area contributed by atoms with Gasteiger partial charge in [0.05, 0.1) is 11.1 Å². The van der Waals surface area contributed by atoms with Crippen LogP contribution in [0.25, 0.3) is 0 Å². The van der Waals surface area contributed by atoms with Crippen LogP contribution < -0.4 is 10.1 Å². The van der Waals surface area contributed by atoms with Gasteiger partial charge in [0, 0.05) is 6.07 Å². The Morgan fingerprint density at radius 2 is 2.06 bits per heavy atom. The third-order valence-electron chi connectivity index (χ3n) is 2.58. The minimum Gasteiger partial charge on any atom is -0.493 e. The molecule has 0 aromatic heterocycles. The summed E-state index contributed by atoms with van der Waals surface area (Å²) in [5.74, 6) is 0.316. The minimum absolute atomic E-state index is 0.281. The highest BCUT2D eigenvalue weighted by Gasteiger charge is 2.01. The van der Waals surface area contributed by atoms with Crippen molar-refractivity contribution in [3.8, 4) is 5.75 Å². The van der Waals surface area contributed by atoms with E-state index in [-0.39, 0.29) is 5.82 Å². The Kier molecular flexibility index (Phi) is 8.01. The third kappa shape index (κ3) is 6.36. The topological polar surface area (TPSA) is 21.3 Å². The fourth-order valence-corrected chi connectivity index (χ4v) is 1.83. The van der Waals surface area contributed by atoms with Gasteiger partial charge in [-0.2, -0.15) is 0 Å². The molecule has 0 amide bonds. The van der Waals surface area contributed by atoms with E-state index < -0.39 is 0 Å². The zero-order valence-corrected chi connectivity index (χ0v) is 12.4. The first kappa shape index (κ1) is 15.4. The van der Waals surface area contributed by atoms with E-state index in [0.717, 1.165) is 32.4 Å². The molecule has 0 bridgehead atoms. The first-order valence-corrected chi connectivity index (χ1v) is 7.32. The van der Waals surface area contributed by atoms with Crippen molar-refractivity contribution < 1.29 is 9.13 Å². The van der Waals surface area contributed by atoms with Crippen molar-refractivity contribution in [3.05, 3.63) is 28.5 Å². The van der Waals surface area contributed by atoms with Gasteiger partial charge in [0.25, 0.3) is 0 Å². The van der Waals surface area contributed by atoms with Gasteiger partial charge >= 0.3 is 0 Å². The quantitative estimate of drug-likeness (QED) is 0.691. The Morgan fingerprint density at radius 3 is 2.78 bits per heavy atom. The summed E-state index contributed by atoms with van der Waals surface area (Å²) in [7, 11) is 0. The summed E-state index contributed by atoms with van der Waals surface area (Å²) in [6, 6.07) is 4.85. The van der Waals surface area contributed by atoms with E-state index in [1.54, 1.807) is 12.1 Å². The van der Waals surface area contributed by atoms with E-state index >= 15 is 0 Å². The van der Waals surface area contributed by atoms with E-state index in [4.69, 9.17) is 4.74 Å². The molecule has 2 nitrogen and oxygen atoms in total. The van der Waals surface area contributed by atoms with Gasteiger partial charge in [0.1, 0.15) is 11.6 Å². The summed E-state index contributed by atoms with van der Waals surface area (Å²) >= 11 is 3.11. The summed E-state index contributed by atoms with van der Waals surface area (Å²) in [4.78, 5) is 0. The first-order valence-electron chi connectivity index (χ1n) is 6.52. The van der Waals surface area contributed by atoms with Crippen molar-refractivity contribution in [2.24, 2.45) is 0 Å². The van der Waals surface area contributed by atoms with Gasteiger partial charge in [-0.25, -0.2) is 4.39 Å². The molecule has 0 aliphatic carbocycles. The van der Waals surface area contributed by atoms with Gasteiger partial charge in [-0.3, -0.25) is 0 Å². The van der Waals surface area contributed by atoms with E-state index in [9.17, 15) is 4.39 Å². The molecule has 0 atom stereocenters. The molecule has 0 radical (unpaired) electrons. The lowest BCUT2D eigenvalue weighted by atomic mass is 10.2. The molecule has 1 N–H and O–H groups in total. The van der Waals surface area contributed by atoms with Gasteiger partial charge in [0.2, 0.25) is 0 Å². The molecule has 0 spiro atoms. The monoisotopic (exact) mass is 317 g/mol. The van der Waals surface area contributed by atoms with Gasteiger partial charge in [0.15, 0.2) is 0 Å². The smallest absolute Gasteiger partial charge is 0.141 e. The minimum atomic E-state index is -0.281. The van der Waals surface area contributed by atoms with Crippen LogP contribution in [-0.4, -0.2) is 19.7 Å². The second-order valence-electron chi connectivity index (χ2n) is 4.24. The molecule has 1 aromatic rings. The fraction of sp³-hybridized carbons (Fsp3) is 0.571. The van der Waals surface area contributed by atoms with Gasteiger partial charge in [-0.15, -0.1) is 0 Å². The fourth-order valence-electron chi connectivity index (χ4n) is 1.59. The zero-order valence-electron chi connectivity index (χ0n) is 10.8. The maximum absolute atomic E-state index is 13.2. The number of nitrogens with one attached hydrogen (secondary N) is 1. The molecule has 0 aliphatic rings. The van der Waals surface area contributed by atoms with Gasteiger partial charge in [-0.05, 0) is 66.8 Å². The average molecular weight is 318 g/mol. The standard InChI is InChI=1S/C14H21BrFNO/c1-2-8-17-9-4-3-5-10-18-12-6-7-13(15)14(16)11-12/h6-7,11,17H,2-5,8-10H2,1H3. The number of benzene rings is 1. The van der Waals surface area contributed by atoms with Crippen molar-refractivity contribution in [2.75, 3.05) is 19.7 Å². The normalized spacial score (nSPS) is 10.6. The number of unbranched alkanes of at least 4 members (excludes halogenated alkanes) is 2. The number of hydrogen-bond acceptors (Lipinski definition) is 2. The molecule has 0 unspecified atom stereocenters. The molecule has 0 saturated heterocycles. The van der Waals surface area contributed by atoms with Crippen molar-refractivity contribution in [3.63, 3.8) is 0 Å². The molecule has 1 rings (SSSR count). The van der Waals surface area contributed by atoms with Crippen molar-refractivity contribution >= 4 is 15.9 Å². The first-order chi connectivity index (χ1) is 8.74. The highest BCUT2D eigenvalue weighted by atomic mass is 79.9. The van der Waals surface area contributed by atoms with Crippen LogP contribution in [0.4, 0.5) is 4.39 Å². The highest BCUT2D eigenvalue weighted by Crippen LogP contribution is 2.21. The van der Waals surface area contributed by atoms with Crippen LogP contribution in [0.15, 0.2) is 22.7 Å². The molecule has 18 heavy (non-hydrogen) atoms. The predicted molar refractivity (Wildman–Crippen MR) is 76.6 cm³/mol. The Morgan fingerprint density at radius 1 is 1.22 bits per heavy atom. The van der Waals surface area contributed by atoms with Crippen molar-refractivity contribution in [2.45, 2.75) is 32.6 Å². The van der Waals surface area contributed by atoms with Crippen molar-refractivity contribution in [1.82, 2.24) is 5.32 Å². The largest absolute Gasteiger partial charge is 0.493 e. The van der Waals surface area contributed by atoms with Gasteiger partial charge in [-0.1, -0.05) is 6.92 Å². The number of hydrogen-bond donors (Lipinski definition) is 1. The molecule has 0 fully saturated rings. The van der Waals surface area contributed by atoms with E-state index in [2.05, 4.69) is 28.2 Å². The zero-order chi connectivity index (χ0) is 13.2. The average Bonchev–Trinajstić information content (AvgIpc) is 2.37. The van der Waals surface area contributed by atoms with Crippen molar-refractivity contribution in [1.29, 1.82) is 0 Å². The molecule has 0 heterocycles. The van der Waals surface area contributed by atoms with Crippen LogP contribution in [0.2, 0.25) is 0 Å². The molecule has 1 aromatic carbocycles. The Bertz CT molecular complexity index is 347. The van der Waals surface area contributed by atoms with Crippen LogP contribution in [0, 0.1) is 5.82 Å². The molecular weight excluding hydrogens is 297 g/mol. The molecule has 4 heteroatoms. The van der Waals surface area contributed by atoms with E-state index in [1.165, 1.54) is 12.5 Å². The summed E-state index contributed by atoms with van der Waals surface area (Å²) in [5.41, 5.74) is 0. The SMILES string of the molecule is CCCNCCCCCOc1ccc(Br)c(F)c1. The number of halogens is 2. The Balaban J connectivity index is 2.05. The lowest BCUT2D eigenvalue weighted by molar-refractivity contribution is 0.303. The number of rotatable bonds is 9. The summed E-state index contributed by atoms with van der Waals surface area (Å²) in [6.07, 6.45) is 4.48. The van der Waals surface area contributed by atoms with Crippen LogP contribution >= 0.6 is 15.9 Å². The van der Waals surface area contributed by atoms with Crippen LogP contribution in [-0.2, 0) is 0 Å². The summed E-state index contributed by atoms with van der Waals surface area (Å²) in [5, 5.41) is 3.36. The van der Waals surface area contributed by atoms with Gasteiger partial charge < -0.3 is 10.1 Å². The molecule has 0 aliphatic heterocycles. The molecular formula is C14H21BrFNO. The van der Waals surface area contributed by atoms with E-state index in [1.807, 2.05) is 0 Å². The lowest BCUT2D eigenvalue weighted by Crippen LogP contribution is -2.15. The third-order valence-corrected chi connectivity index (χ3v) is 3.23. The summed E-state index contributed by atoms with van der Waals surface area (Å²) in [6.45, 7) is 4.97. The molecule has 0 saturated carbocycles. The second-order valence-corrected chi connectivity index (χ2v) is 5.09. The predicted octanol–water partition coefficient (Wildman–Crippen LogP) is 4.14. The maximum atomic E-state index is 13.2. The second kappa shape index (κ2) is 9.34. The Hall–Kier alpha value is -0.610. The molecule has 102 valence electrons. The van der Waals surface area contributed by atoms with E-state index in [0.29, 0.717) is 16.8 Å². The van der Waals surface area contributed by atoms with Crippen LogP contribution in [0.1, 0.15) is 32.6 Å². The van der Waals surface area contributed by atoms with Crippen LogP contribution in [0.5, 0.6) is 5.75 Å². The maximum Gasteiger partial charge on any atom is 0.141 e. The van der Waals surface area contributed by atoms with Crippen LogP contribution in [0.3, 0.4) is 0 Å².